The van der Waals surface area contributed by atoms with E-state index in [0.29, 0.717) is 10.6 Å². The summed E-state index contributed by atoms with van der Waals surface area (Å²) < 4.78 is 14.4. The number of rotatable bonds is 1. The van der Waals surface area contributed by atoms with Crippen LogP contribution in [0.1, 0.15) is 10.4 Å². The fourth-order valence-corrected chi connectivity index (χ4v) is 1.52. The maximum atomic E-state index is 11.0. The Morgan fingerprint density at radius 1 is 1.44 bits per heavy atom. The van der Waals surface area contributed by atoms with E-state index in [-0.39, 0.29) is 0 Å². The van der Waals surface area contributed by atoms with E-state index in [2.05, 4.69) is 42.0 Å². The minimum absolute atomic E-state index is 0.377. The van der Waals surface area contributed by atoms with E-state index >= 15 is 0 Å². The number of benzene rings is 1. The molecule has 8 heteroatoms. The first-order chi connectivity index (χ1) is 7.38. The summed E-state index contributed by atoms with van der Waals surface area (Å²) in [6.45, 7) is 0. The number of carbonyl (C=O) groups is 1. The minimum Gasteiger partial charge on any atom is -0.465 e. The van der Waals surface area contributed by atoms with Crippen LogP contribution in [0, 0.1) is 0 Å². The summed E-state index contributed by atoms with van der Waals surface area (Å²) in [4.78, 5) is 11.0. The number of esters is 1. The quantitative estimate of drug-likeness (QED) is 0.557. The molecule has 0 fully saturated rings. The summed E-state index contributed by atoms with van der Waals surface area (Å²) in [7, 11) is 8.68. The summed E-state index contributed by atoms with van der Waals surface area (Å²) in [5, 5.41) is 0.385. The predicted molar refractivity (Wildman–Crippen MR) is 70.3 cm³/mol. The molecule has 0 aliphatic heterocycles. The standard InChI is InChI=1S/C8H6BrClO2.Cl2OS/c1-12-8(11)6-3-2-5(9)4-7(6)10;1-4(2)3/h2-4H,1H3;. The van der Waals surface area contributed by atoms with Crippen molar-refractivity contribution in [1.82, 2.24) is 0 Å². The van der Waals surface area contributed by atoms with E-state index < -0.39 is 15.2 Å². The van der Waals surface area contributed by atoms with Crippen LogP contribution in [0.3, 0.4) is 0 Å². The Morgan fingerprint density at radius 3 is 2.31 bits per heavy atom. The van der Waals surface area contributed by atoms with Crippen molar-refractivity contribution in [3.05, 3.63) is 33.3 Å². The predicted octanol–water partition coefficient (Wildman–Crippen LogP) is 3.93. The van der Waals surface area contributed by atoms with Gasteiger partial charge in [-0.15, -0.1) is 0 Å². The smallest absolute Gasteiger partial charge is 0.339 e. The fraction of sp³-hybridized carbons (Fsp3) is 0.125. The van der Waals surface area contributed by atoms with Crippen molar-refractivity contribution in [2.75, 3.05) is 7.11 Å². The number of halogens is 4. The normalized spacial score (nSPS) is 9.38. The lowest BCUT2D eigenvalue weighted by Crippen LogP contribution is -2.01. The van der Waals surface area contributed by atoms with Crippen LogP contribution in [0.2, 0.25) is 5.02 Å². The van der Waals surface area contributed by atoms with Gasteiger partial charge in [-0.25, -0.2) is 9.00 Å². The van der Waals surface area contributed by atoms with Crippen molar-refractivity contribution in [3.63, 3.8) is 0 Å². The van der Waals surface area contributed by atoms with E-state index in [1.54, 1.807) is 18.2 Å². The molecule has 0 atom stereocenters. The van der Waals surface area contributed by atoms with Crippen LogP contribution in [-0.2, 0) is 14.0 Å². The fourth-order valence-electron chi connectivity index (χ4n) is 0.765. The first-order valence-corrected chi connectivity index (χ1v) is 7.63. The third kappa shape index (κ3) is 6.70. The topological polar surface area (TPSA) is 43.4 Å². The zero-order valence-corrected chi connectivity index (χ0v) is 12.5. The van der Waals surface area contributed by atoms with E-state index in [1.807, 2.05) is 0 Å². The summed E-state index contributed by atoms with van der Waals surface area (Å²) in [6.07, 6.45) is 0. The molecule has 0 spiro atoms. The minimum atomic E-state index is -1.67. The van der Waals surface area contributed by atoms with Crippen molar-refractivity contribution < 1.29 is 13.7 Å². The molecule has 0 saturated carbocycles. The van der Waals surface area contributed by atoms with Gasteiger partial charge in [-0.3, -0.25) is 0 Å². The van der Waals surface area contributed by atoms with Gasteiger partial charge in [0.2, 0.25) is 9.23 Å². The van der Waals surface area contributed by atoms with Crippen LogP contribution in [0.5, 0.6) is 0 Å². The van der Waals surface area contributed by atoms with Crippen molar-refractivity contribution in [2.24, 2.45) is 0 Å². The third-order valence-corrected chi connectivity index (χ3v) is 2.14. The average Bonchev–Trinajstić information content (AvgIpc) is 2.16. The van der Waals surface area contributed by atoms with Gasteiger partial charge in [0.1, 0.15) is 0 Å². The van der Waals surface area contributed by atoms with Gasteiger partial charge >= 0.3 is 5.97 Å². The molecule has 0 radical (unpaired) electrons. The molecule has 0 aliphatic carbocycles. The van der Waals surface area contributed by atoms with Crippen LogP contribution < -0.4 is 0 Å². The second-order valence-corrected chi connectivity index (χ2v) is 6.15. The summed E-state index contributed by atoms with van der Waals surface area (Å²) in [5.41, 5.74) is 0.377. The molecule has 0 unspecified atom stereocenters. The van der Waals surface area contributed by atoms with Gasteiger partial charge in [0.05, 0.1) is 17.7 Å². The van der Waals surface area contributed by atoms with Crippen molar-refractivity contribution in [2.45, 2.75) is 0 Å². The lowest BCUT2D eigenvalue weighted by atomic mass is 10.2. The van der Waals surface area contributed by atoms with E-state index in [4.69, 9.17) is 15.8 Å². The summed E-state index contributed by atoms with van der Waals surface area (Å²) in [5.74, 6) is -0.424. The molecule has 1 aromatic carbocycles. The zero-order valence-electron chi connectivity index (χ0n) is 7.88. The molecule has 90 valence electrons. The van der Waals surface area contributed by atoms with Crippen LogP contribution in [-0.4, -0.2) is 17.3 Å². The van der Waals surface area contributed by atoms with Crippen molar-refractivity contribution in [1.29, 1.82) is 0 Å². The Balaban J connectivity index is 0.000000487. The van der Waals surface area contributed by atoms with Crippen LogP contribution >= 0.6 is 48.9 Å². The highest BCUT2D eigenvalue weighted by Gasteiger charge is 2.09. The maximum Gasteiger partial charge on any atom is 0.339 e. The van der Waals surface area contributed by atoms with Crippen molar-refractivity contribution in [3.8, 4) is 0 Å². The second kappa shape index (κ2) is 8.31. The van der Waals surface area contributed by atoms with Gasteiger partial charge in [-0.1, -0.05) is 27.5 Å². The molecule has 0 amide bonds. The lowest BCUT2D eigenvalue weighted by Gasteiger charge is -2.01. The van der Waals surface area contributed by atoms with Gasteiger partial charge in [0, 0.05) is 25.8 Å². The molecule has 0 aromatic heterocycles. The van der Waals surface area contributed by atoms with Crippen LogP contribution in [0.4, 0.5) is 0 Å². The number of carbonyl (C=O) groups excluding carboxylic acids is 1. The highest BCUT2D eigenvalue weighted by molar-refractivity contribution is 9.10. The van der Waals surface area contributed by atoms with Gasteiger partial charge < -0.3 is 4.74 Å². The summed E-state index contributed by atoms with van der Waals surface area (Å²) >= 11 is 9.00. The van der Waals surface area contributed by atoms with Crippen LogP contribution in [0.15, 0.2) is 22.7 Å². The molecule has 0 bridgehead atoms. The SMILES string of the molecule is COC(=O)c1ccc(Br)cc1Cl.O=S(Cl)Cl. The molecule has 3 nitrogen and oxygen atoms in total. The largest absolute Gasteiger partial charge is 0.465 e. The average molecular weight is 368 g/mol. The molecule has 0 heterocycles. The van der Waals surface area contributed by atoms with Gasteiger partial charge in [-0.05, 0) is 18.2 Å². The third-order valence-electron chi connectivity index (χ3n) is 1.34. The molecule has 1 aromatic rings. The van der Waals surface area contributed by atoms with E-state index in [0.717, 1.165) is 4.47 Å². The molecule has 0 saturated heterocycles. The highest BCUT2D eigenvalue weighted by Crippen LogP contribution is 2.21. The Kier molecular flexibility index (Phi) is 8.40. The summed E-state index contributed by atoms with van der Waals surface area (Å²) in [6, 6.07) is 4.99. The molecule has 0 N–H and O–H groups in total. The maximum absolute atomic E-state index is 11.0. The Labute approximate surface area is 118 Å². The first kappa shape index (κ1) is 16.2. The second-order valence-electron chi connectivity index (χ2n) is 2.30. The molecule has 16 heavy (non-hydrogen) atoms. The number of ether oxygens (including phenoxy) is 1. The van der Waals surface area contributed by atoms with Crippen LogP contribution in [0.25, 0.3) is 0 Å². The van der Waals surface area contributed by atoms with Gasteiger partial charge in [0.25, 0.3) is 0 Å². The Bertz CT molecular complexity index is 396. The lowest BCUT2D eigenvalue weighted by molar-refractivity contribution is 0.0601. The van der Waals surface area contributed by atoms with E-state index in [1.165, 1.54) is 7.11 Å². The first-order valence-electron chi connectivity index (χ1n) is 3.66. The van der Waals surface area contributed by atoms with Crippen molar-refractivity contribution >= 4 is 64.1 Å². The number of methoxy groups -OCH3 is 1. The van der Waals surface area contributed by atoms with E-state index in [9.17, 15) is 4.79 Å². The zero-order chi connectivity index (χ0) is 12.7. The number of hydrogen-bond donors (Lipinski definition) is 0. The molecule has 1 rings (SSSR count). The monoisotopic (exact) mass is 366 g/mol. The number of hydrogen-bond acceptors (Lipinski definition) is 3. The molecular formula is C8H6BrCl3O3S. The highest BCUT2D eigenvalue weighted by atomic mass is 79.9. The van der Waals surface area contributed by atoms with Gasteiger partial charge in [-0.2, -0.15) is 0 Å². The molecule has 0 aliphatic rings. The Hall–Kier alpha value is 0.190. The molecular weight excluding hydrogens is 362 g/mol. The Morgan fingerprint density at radius 2 is 1.94 bits per heavy atom. The van der Waals surface area contributed by atoms with Gasteiger partial charge in [0.15, 0.2) is 0 Å².